The minimum Gasteiger partial charge on any atom is -0.334 e. The number of para-hydroxylation sites is 2. The zero-order valence-electron chi connectivity index (χ0n) is 25.2. The van der Waals surface area contributed by atoms with Crippen molar-refractivity contribution in [3.8, 4) is 0 Å². The molecule has 0 N–H and O–H groups in total. The average Bonchev–Trinajstić information content (AvgIpc) is 3.62. The molecule has 0 bridgehead atoms. The molecule has 6 aromatic rings. The first-order chi connectivity index (χ1) is 20.7. The lowest BCUT2D eigenvalue weighted by molar-refractivity contribution is -0.119. The molecule has 1 aliphatic rings. The van der Waals surface area contributed by atoms with Gasteiger partial charge in [-0.1, -0.05) is 60.7 Å². The van der Waals surface area contributed by atoms with Crippen molar-refractivity contribution in [2.75, 3.05) is 4.90 Å². The zero-order chi connectivity index (χ0) is 30.2. The second-order valence-electron chi connectivity index (χ2n) is 11.4. The molecule has 0 aliphatic carbocycles. The van der Waals surface area contributed by atoms with Gasteiger partial charge in [-0.25, -0.2) is 4.90 Å². The third-order valence-corrected chi connectivity index (χ3v) is 11.1. The van der Waals surface area contributed by atoms with Crippen LogP contribution in [0.25, 0.3) is 33.0 Å². The molecule has 3 aromatic carbocycles. The van der Waals surface area contributed by atoms with Gasteiger partial charge >= 0.3 is 0 Å². The highest BCUT2D eigenvalue weighted by Crippen LogP contribution is 2.47. The number of carbonyl (C=O) groups is 2. The Balaban J connectivity index is 1.52. The minimum absolute atomic E-state index is 0.254. The third-order valence-electron chi connectivity index (χ3n) is 8.90. The maximum absolute atomic E-state index is 14.8. The number of nitrogens with zero attached hydrogens (tertiary/aromatic N) is 2. The van der Waals surface area contributed by atoms with Crippen molar-refractivity contribution in [2.24, 2.45) is 0 Å². The van der Waals surface area contributed by atoms with Crippen LogP contribution in [0.1, 0.15) is 47.3 Å². The fourth-order valence-corrected chi connectivity index (χ4v) is 8.88. The number of carbonyl (C=O) groups excluding carboxylic acids is 2. The number of hydrogen-bond acceptors (Lipinski definition) is 4. The van der Waals surface area contributed by atoms with Gasteiger partial charge in [0.15, 0.2) is 0 Å². The number of thiophene rings is 2. The number of fused-ring (bicyclic) bond motifs is 3. The van der Waals surface area contributed by atoms with Crippen LogP contribution in [0.2, 0.25) is 0 Å². The molecule has 0 atom stereocenters. The van der Waals surface area contributed by atoms with E-state index in [1.54, 1.807) is 22.7 Å². The van der Waals surface area contributed by atoms with E-state index >= 15 is 0 Å². The first-order valence-corrected chi connectivity index (χ1v) is 16.1. The van der Waals surface area contributed by atoms with E-state index in [4.69, 9.17) is 0 Å². The summed E-state index contributed by atoms with van der Waals surface area (Å²) in [7, 11) is 0. The molecule has 0 radical (unpaired) electrons. The van der Waals surface area contributed by atoms with Crippen molar-refractivity contribution in [3.05, 3.63) is 120 Å². The predicted molar refractivity (Wildman–Crippen MR) is 181 cm³/mol. The maximum atomic E-state index is 14.8. The monoisotopic (exact) mass is 600 g/mol. The van der Waals surface area contributed by atoms with Crippen molar-refractivity contribution in [1.82, 2.24) is 4.57 Å². The molecule has 214 valence electrons. The number of aryl methyl sites for hydroxylation is 4. The van der Waals surface area contributed by atoms with Crippen LogP contribution in [0.3, 0.4) is 0 Å². The molecule has 7 rings (SSSR count). The van der Waals surface area contributed by atoms with Crippen LogP contribution in [-0.4, -0.2) is 16.4 Å². The van der Waals surface area contributed by atoms with E-state index < -0.39 is 0 Å². The summed E-state index contributed by atoms with van der Waals surface area (Å²) in [5.74, 6) is -0.508. The molecule has 0 unspecified atom stereocenters. The van der Waals surface area contributed by atoms with Gasteiger partial charge in [0, 0.05) is 53.5 Å². The van der Waals surface area contributed by atoms with Crippen molar-refractivity contribution in [3.63, 3.8) is 0 Å². The van der Waals surface area contributed by atoms with Crippen LogP contribution in [0, 0.1) is 41.5 Å². The lowest BCUT2D eigenvalue weighted by Gasteiger charge is -2.19. The fourth-order valence-electron chi connectivity index (χ4n) is 6.73. The van der Waals surface area contributed by atoms with Crippen LogP contribution in [0.4, 0.5) is 5.69 Å². The van der Waals surface area contributed by atoms with Gasteiger partial charge in [-0.3, -0.25) is 9.59 Å². The minimum atomic E-state index is -0.254. The summed E-state index contributed by atoms with van der Waals surface area (Å²) in [5.41, 5.74) is 8.72. The summed E-state index contributed by atoms with van der Waals surface area (Å²) in [6.07, 6.45) is 0. The van der Waals surface area contributed by atoms with Crippen LogP contribution in [0.15, 0.2) is 72.8 Å². The molecule has 0 saturated carbocycles. The van der Waals surface area contributed by atoms with E-state index in [2.05, 4.69) is 76.4 Å². The summed E-state index contributed by atoms with van der Waals surface area (Å²) in [4.78, 5) is 35.5. The smallest absolute Gasteiger partial charge is 0.266 e. The average molecular weight is 601 g/mol. The summed E-state index contributed by atoms with van der Waals surface area (Å²) < 4.78 is 2.25. The lowest BCUT2D eigenvalue weighted by Crippen LogP contribution is -2.32. The number of anilines is 1. The van der Waals surface area contributed by atoms with Crippen molar-refractivity contribution >= 4 is 73.1 Å². The van der Waals surface area contributed by atoms with Crippen molar-refractivity contribution in [1.29, 1.82) is 0 Å². The van der Waals surface area contributed by atoms with E-state index in [0.29, 0.717) is 23.4 Å². The normalized spacial score (nSPS) is 13.9. The molecule has 4 nitrogen and oxygen atoms in total. The van der Waals surface area contributed by atoms with E-state index in [9.17, 15) is 9.59 Å². The Labute approximate surface area is 259 Å². The van der Waals surface area contributed by atoms with Crippen molar-refractivity contribution < 1.29 is 9.59 Å². The van der Waals surface area contributed by atoms with Gasteiger partial charge < -0.3 is 4.57 Å². The second-order valence-corrected chi connectivity index (χ2v) is 14.2. The number of benzene rings is 3. The fraction of sp³-hybridized carbons (Fsp3) is 0.189. The summed E-state index contributed by atoms with van der Waals surface area (Å²) >= 11 is 3.37. The molecule has 1 aliphatic heterocycles. The second kappa shape index (κ2) is 10.2. The molecule has 4 heterocycles. The van der Waals surface area contributed by atoms with Crippen LogP contribution in [-0.2, 0) is 16.1 Å². The van der Waals surface area contributed by atoms with Crippen molar-refractivity contribution in [2.45, 2.75) is 48.1 Å². The Morgan fingerprint density at radius 2 is 1.12 bits per heavy atom. The molecular weight excluding hydrogens is 569 g/mol. The molecular formula is C37H32N2O2S2. The molecule has 0 spiro atoms. The Morgan fingerprint density at radius 3 is 1.67 bits per heavy atom. The predicted octanol–water partition coefficient (Wildman–Crippen LogP) is 9.30. The van der Waals surface area contributed by atoms with Gasteiger partial charge in [0.2, 0.25) is 0 Å². The highest BCUT2D eigenvalue weighted by Gasteiger charge is 2.44. The highest BCUT2D eigenvalue weighted by atomic mass is 32.1. The third kappa shape index (κ3) is 4.08. The molecule has 2 amide bonds. The number of rotatable bonds is 5. The topological polar surface area (TPSA) is 42.3 Å². The van der Waals surface area contributed by atoms with Gasteiger partial charge in [-0.05, 0) is 70.4 Å². The number of aromatic nitrogens is 1. The summed E-state index contributed by atoms with van der Waals surface area (Å²) in [5, 5.41) is 2.13. The number of hydrogen-bond donors (Lipinski definition) is 0. The lowest BCUT2D eigenvalue weighted by atomic mass is 9.92. The molecule has 6 heteroatoms. The van der Waals surface area contributed by atoms with E-state index in [1.807, 2.05) is 42.5 Å². The first kappa shape index (κ1) is 27.6. The van der Waals surface area contributed by atoms with E-state index in [0.717, 1.165) is 69.1 Å². The van der Waals surface area contributed by atoms with Crippen LogP contribution in [0.5, 0.6) is 0 Å². The number of imide groups is 1. The molecule has 0 fully saturated rings. The van der Waals surface area contributed by atoms with Gasteiger partial charge in [-0.15, -0.1) is 22.7 Å². The molecule has 43 heavy (non-hydrogen) atoms. The standard InChI is InChI=1S/C37H32N2O2S2/c1-20-22(3)42-24(5)31(20)33-34(32-21(2)23(4)43-25(32)6)37(41)39(36(33)40)30-18-12-16-28-27-15-10-11-17-29(27)38(35(28)30)19-26-13-8-7-9-14-26/h7-18H,19H2,1-6H3. The van der Waals surface area contributed by atoms with Gasteiger partial charge in [0.25, 0.3) is 11.8 Å². The molecule has 0 saturated heterocycles. The van der Waals surface area contributed by atoms with Crippen LogP contribution < -0.4 is 4.90 Å². The van der Waals surface area contributed by atoms with Gasteiger partial charge in [0.1, 0.15) is 0 Å². The number of amides is 2. The largest absolute Gasteiger partial charge is 0.334 e. The Bertz CT molecular complexity index is 2080. The maximum Gasteiger partial charge on any atom is 0.266 e. The van der Waals surface area contributed by atoms with Gasteiger partial charge in [-0.2, -0.15) is 0 Å². The van der Waals surface area contributed by atoms with E-state index in [-0.39, 0.29) is 11.8 Å². The Hall–Kier alpha value is -4.26. The first-order valence-electron chi connectivity index (χ1n) is 14.5. The summed E-state index contributed by atoms with van der Waals surface area (Å²) in [6.45, 7) is 13.0. The van der Waals surface area contributed by atoms with Crippen LogP contribution >= 0.6 is 22.7 Å². The zero-order valence-corrected chi connectivity index (χ0v) is 26.8. The SMILES string of the molecule is Cc1sc(C)c(C2=C(c3c(C)sc(C)c3C)C(=O)N(c3cccc4c5ccccc5n(Cc5ccccc5)c34)C2=O)c1C. The highest BCUT2D eigenvalue weighted by molar-refractivity contribution is 7.12. The molecule has 3 aromatic heterocycles. The van der Waals surface area contributed by atoms with Gasteiger partial charge in [0.05, 0.1) is 22.4 Å². The Morgan fingerprint density at radius 1 is 0.581 bits per heavy atom. The summed E-state index contributed by atoms with van der Waals surface area (Å²) in [6, 6.07) is 24.6. The quantitative estimate of drug-likeness (QED) is 0.185. The Kier molecular flexibility index (Phi) is 6.53. The van der Waals surface area contributed by atoms with E-state index in [1.165, 1.54) is 4.90 Å².